The number of allylic oxidation sites excluding steroid dienone is 2. The fourth-order valence-corrected chi connectivity index (χ4v) is 1.28. The van der Waals surface area contributed by atoms with Crippen LogP contribution in [0.3, 0.4) is 0 Å². The molecule has 2 aliphatic heterocycles. The Balaban J connectivity index is 2.27. The normalized spacial score (nSPS) is 21.2. The van der Waals surface area contributed by atoms with E-state index in [4.69, 9.17) is 0 Å². The van der Waals surface area contributed by atoms with Crippen LogP contribution in [-0.4, -0.2) is 22.5 Å². The molecule has 0 atom stereocenters. The number of hydrogen-bond acceptors (Lipinski definition) is 2. The van der Waals surface area contributed by atoms with Gasteiger partial charge in [-0.3, -0.25) is 9.80 Å². The number of carbonyl (C=O) groups is 1. The topological polar surface area (TPSA) is 23.6 Å². The van der Waals surface area contributed by atoms with Crippen LogP contribution in [-0.2, 0) is 4.79 Å². The van der Waals surface area contributed by atoms with Crippen LogP contribution in [0.5, 0.6) is 0 Å². The molecule has 12 heavy (non-hydrogen) atoms. The maximum atomic E-state index is 11.3. The lowest BCUT2D eigenvalue weighted by Crippen LogP contribution is -2.42. The zero-order valence-corrected chi connectivity index (χ0v) is 6.68. The minimum Gasteiger partial charge on any atom is -0.273 e. The molecule has 0 saturated carbocycles. The van der Waals surface area contributed by atoms with Crippen molar-refractivity contribution in [1.82, 2.24) is 10.0 Å². The number of carbonyl (C=O) groups excluding carboxylic acids is 1. The fraction of sp³-hybridized carbons (Fsp3) is 0.222. The Bertz CT molecular complexity index is 278. The summed E-state index contributed by atoms with van der Waals surface area (Å²) < 4.78 is 0. The zero-order chi connectivity index (χ0) is 8.39. The average molecular weight is 162 g/mol. The van der Waals surface area contributed by atoms with Gasteiger partial charge in [-0.15, -0.1) is 0 Å². The van der Waals surface area contributed by atoms with Gasteiger partial charge < -0.3 is 0 Å². The van der Waals surface area contributed by atoms with Crippen molar-refractivity contribution in [2.45, 2.75) is 6.42 Å². The highest BCUT2D eigenvalue weighted by molar-refractivity contribution is 5.78. The largest absolute Gasteiger partial charge is 0.273 e. The Hall–Kier alpha value is -1.51. The van der Waals surface area contributed by atoms with Crippen molar-refractivity contribution in [1.29, 1.82) is 0 Å². The van der Waals surface area contributed by atoms with Gasteiger partial charge >= 0.3 is 0 Å². The molecule has 2 heterocycles. The number of hydrazine groups is 1. The Morgan fingerprint density at radius 1 is 1.17 bits per heavy atom. The molecular weight excluding hydrogens is 152 g/mol. The van der Waals surface area contributed by atoms with Gasteiger partial charge in [0.05, 0.1) is 6.54 Å². The number of rotatable bonds is 0. The van der Waals surface area contributed by atoms with E-state index in [0.717, 1.165) is 0 Å². The first-order chi connectivity index (χ1) is 5.88. The van der Waals surface area contributed by atoms with Gasteiger partial charge in [0.2, 0.25) is 5.91 Å². The lowest BCUT2D eigenvalue weighted by atomic mass is 10.3. The van der Waals surface area contributed by atoms with Gasteiger partial charge in [0.1, 0.15) is 0 Å². The van der Waals surface area contributed by atoms with E-state index in [0.29, 0.717) is 13.0 Å². The van der Waals surface area contributed by atoms with Crippen molar-refractivity contribution >= 4 is 5.91 Å². The molecule has 0 unspecified atom stereocenters. The van der Waals surface area contributed by atoms with E-state index in [-0.39, 0.29) is 5.91 Å². The first kappa shape index (κ1) is 7.16. The van der Waals surface area contributed by atoms with Crippen molar-refractivity contribution in [2.75, 3.05) is 6.54 Å². The number of hydrogen-bond donors (Lipinski definition) is 0. The van der Waals surface area contributed by atoms with Crippen molar-refractivity contribution < 1.29 is 4.79 Å². The molecule has 0 bridgehead atoms. The third-order valence-corrected chi connectivity index (χ3v) is 1.88. The number of amides is 1. The third-order valence-electron chi connectivity index (χ3n) is 1.88. The van der Waals surface area contributed by atoms with Gasteiger partial charge in [-0.2, -0.15) is 0 Å². The van der Waals surface area contributed by atoms with Crippen LogP contribution in [0.25, 0.3) is 0 Å². The van der Waals surface area contributed by atoms with E-state index >= 15 is 0 Å². The monoisotopic (exact) mass is 162 g/mol. The van der Waals surface area contributed by atoms with Crippen LogP contribution in [0.4, 0.5) is 0 Å². The molecule has 1 amide bonds. The summed E-state index contributed by atoms with van der Waals surface area (Å²) in [5.74, 6) is 0.147. The minimum atomic E-state index is 0.147. The molecule has 3 nitrogen and oxygen atoms in total. The maximum absolute atomic E-state index is 11.3. The van der Waals surface area contributed by atoms with E-state index in [9.17, 15) is 4.79 Å². The second-order valence-electron chi connectivity index (χ2n) is 2.71. The van der Waals surface area contributed by atoms with Gasteiger partial charge in [0.25, 0.3) is 0 Å². The average Bonchev–Trinajstić information content (AvgIpc) is 2.30. The van der Waals surface area contributed by atoms with Crippen molar-refractivity contribution in [3.63, 3.8) is 0 Å². The number of nitrogens with zero attached hydrogens (tertiary/aromatic N) is 2. The van der Waals surface area contributed by atoms with Crippen LogP contribution >= 0.6 is 0 Å². The quantitative estimate of drug-likeness (QED) is 0.531. The van der Waals surface area contributed by atoms with E-state index < -0.39 is 0 Å². The molecule has 3 heteroatoms. The minimum absolute atomic E-state index is 0.147. The predicted molar refractivity (Wildman–Crippen MR) is 45.6 cm³/mol. The summed E-state index contributed by atoms with van der Waals surface area (Å²) in [4.78, 5) is 11.3. The highest BCUT2D eigenvalue weighted by Gasteiger charge is 2.19. The van der Waals surface area contributed by atoms with E-state index in [2.05, 4.69) is 0 Å². The van der Waals surface area contributed by atoms with Crippen LogP contribution in [0.1, 0.15) is 6.42 Å². The summed E-state index contributed by atoms with van der Waals surface area (Å²) in [6, 6.07) is 0. The Morgan fingerprint density at radius 3 is 3.00 bits per heavy atom. The van der Waals surface area contributed by atoms with Crippen molar-refractivity contribution in [3.8, 4) is 0 Å². The van der Waals surface area contributed by atoms with E-state index in [1.807, 2.05) is 41.7 Å². The zero-order valence-electron chi connectivity index (χ0n) is 6.68. The molecule has 0 aliphatic carbocycles. The van der Waals surface area contributed by atoms with E-state index in [1.54, 1.807) is 5.01 Å². The summed E-state index contributed by atoms with van der Waals surface area (Å²) >= 11 is 0. The van der Waals surface area contributed by atoms with Gasteiger partial charge in [0.15, 0.2) is 0 Å². The van der Waals surface area contributed by atoms with Gasteiger partial charge in [-0.25, -0.2) is 5.01 Å². The first-order valence-electron chi connectivity index (χ1n) is 3.96. The Morgan fingerprint density at radius 2 is 2.08 bits per heavy atom. The molecule has 0 aromatic heterocycles. The summed E-state index contributed by atoms with van der Waals surface area (Å²) in [5, 5.41) is 3.52. The second kappa shape index (κ2) is 2.85. The molecule has 2 aliphatic rings. The van der Waals surface area contributed by atoms with Crippen LogP contribution in [0.15, 0.2) is 36.7 Å². The Labute approximate surface area is 71.2 Å². The summed E-state index contributed by atoms with van der Waals surface area (Å²) in [6.07, 6.45) is 12.0. The first-order valence-corrected chi connectivity index (χ1v) is 3.96. The lowest BCUT2D eigenvalue weighted by molar-refractivity contribution is -0.140. The summed E-state index contributed by atoms with van der Waals surface area (Å²) in [5.41, 5.74) is 0. The lowest BCUT2D eigenvalue weighted by Gasteiger charge is -2.32. The van der Waals surface area contributed by atoms with Crippen LogP contribution in [0.2, 0.25) is 0 Å². The van der Waals surface area contributed by atoms with Gasteiger partial charge in [0, 0.05) is 18.8 Å². The number of fused-ring (bicyclic) bond motifs is 1. The van der Waals surface area contributed by atoms with Crippen molar-refractivity contribution in [2.24, 2.45) is 0 Å². The molecule has 0 N–H and O–H groups in total. The van der Waals surface area contributed by atoms with Crippen LogP contribution in [0, 0.1) is 0 Å². The van der Waals surface area contributed by atoms with Crippen molar-refractivity contribution in [3.05, 3.63) is 36.7 Å². The smallest absolute Gasteiger partial charge is 0.245 e. The summed E-state index contributed by atoms with van der Waals surface area (Å²) in [6.45, 7) is 0.663. The second-order valence-corrected chi connectivity index (χ2v) is 2.71. The maximum Gasteiger partial charge on any atom is 0.245 e. The molecule has 0 aromatic carbocycles. The highest BCUT2D eigenvalue weighted by Crippen LogP contribution is 2.12. The SMILES string of the molecule is O=C1CC=CN2C=CC=CCN12. The van der Waals surface area contributed by atoms with E-state index in [1.165, 1.54) is 0 Å². The molecular formula is C9H10N2O. The molecule has 0 spiro atoms. The molecule has 0 fully saturated rings. The third kappa shape index (κ3) is 1.13. The fourth-order valence-electron chi connectivity index (χ4n) is 1.28. The standard InChI is InChI=1S/C9H10N2O/c12-9-5-4-7-10-6-2-1-3-8-11(9)10/h1-4,6-7H,5,8H2. The molecule has 0 aromatic rings. The van der Waals surface area contributed by atoms with Gasteiger partial charge in [-0.1, -0.05) is 18.2 Å². The highest BCUT2D eigenvalue weighted by atomic mass is 16.2. The van der Waals surface area contributed by atoms with Crippen LogP contribution < -0.4 is 0 Å². The molecule has 2 rings (SSSR count). The Kier molecular flexibility index (Phi) is 1.70. The molecule has 0 saturated heterocycles. The predicted octanol–water partition coefficient (Wildman–Crippen LogP) is 1.03. The van der Waals surface area contributed by atoms with Gasteiger partial charge in [-0.05, 0) is 6.08 Å². The summed E-state index contributed by atoms with van der Waals surface area (Å²) in [7, 11) is 0. The molecule has 0 radical (unpaired) electrons. The molecule has 62 valence electrons.